The molecule has 0 aliphatic carbocycles. The Labute approximate surface area is 123 Å². The van der Waals surface area contributed by atoms with Crippen LogP contribution in [0.25, 0.3) is 0 Å². The summed E-state index contributed by atoms with van der Waals surface area (Å²) in [5.41, 5.74) is 0.465. The lowest BCUT2D eigenvalue weighted by Crippen LogP contribution is -2.43. The molecule has 1 rings (SSSR count). The van der Waals surface area contributed by atoms with Crippen LogP contribution in [0, 0.1) is 13.8 Å². The molecule has 0 spiro atoms. The number of benzene rings is 1. The van der Waals surface area contributed by atoms with E-state index in [1.807, 2.05) is 32.0 Å². The van der Waals surface area contributed by atoms with Crippen molar-refractivity contribution in [2.45, 2.75) is 32.8 Å². The minimum atomic E-state index is -1.49. The Morgan fingerprint density at radius 2 is 2.00 bits per heavy atom. The number of hydrogen-bond acceptors (Lipinski definition) is 4. The van der Waals surface area contributed by atoms with Crippen molar-refractivity contribution >= 4 is 11.9 Å². The summed E-state index contributed by atoms with van der Waals surface area (Å²) in [4.78, 5) is 22.2. The zero-order valence-electron chi connectivity index (χ0n) is 12.5. The number of hydrogen-bond donors (Lipinski definition) is 3. The van der Waals surface area contributed by atoms with E-state index in [9.17, 15) is 14.7 Å². The molecule has 116 valence electrons. The summed E-state index contributed by atoms with van der Waals surface area (Å²) in [5, 5.41) is 20.8. The van der Waals surface area contributed by atoms with Gasteiger partial charge in [-0.2, -0.15) is 0 Å². The summed E-state index contributed by atoms with van der Waals surface area (Å²) in [6.07, 6.45) is -0.439. The molecule has 0 aliphatic heterocycles. The second kappa shape index (κ2) is 7.08. The molecule has 0 saturated heterocycles. The van der Waals surface area contributed by atoms with E-state index in [-0.39, 0.29) is 13.2 Å². The van der Waals surface area contributed by atoms with Crippen LogP contribution in [0.3, 0.4) is 0 Å². The Kier molecular flexibility index (Phi) is 5.72. The van der Waals surface area contributed by atoms with Gasteiger partial charge in [-0.15, -0.1) is 0 Å². The van der Waals surface area contributed by atoms with Gasteiger partial charge in [0.15, 0.2) is 6.61 Å². The van der Waals surface area contributed by atoms with Crippen molar-refractivity contribution in [1.29, 1.82) is 0 Å². The predicted octanol–water partition coefficient (Wildman–Crippen LogP) is 1.02. The molecule has 0 saturated carbocycles. The van der Waals surface area contributed by atoms with Crippen molar-refractivity contribution in [1.82, 2.24) is 5.32 Å². The molecule has 21 heavy (non-hydrogen) atoms. The molecule has 0 aliphatic rings. The molecule has 3 N–H and O–H groups in total. The number of nitrogens with one attached hydrogen (secondary N) is 1. The van der Waals surface area contributed by atoms with Crippen LogP contribution in [0.5, 0.6) is 5.75 Å². The number of carboxylic acid groups (broad SMARTS) is 1. The molecule has 1 amide bonds. The number of amides is 1. The Morgan fingerprint density at radius 1 is 1.33 bits per heavy atom. The normalized spacial score (nSPS) is 13.3. The van der Waals surface area contributed by atoms with Crippen molar-refractivity contribution in [2.24, 2.45) is 0 Å². The predicted molar refractivity (Wildman–Crippen MR) is 77.3 cm³/mol. The molecular formula is C15H21NO5. The maximum Gasteiger partial charge on any atom is 0.306 e. The molecule has 0 radical (unpaired) electrons. The van der Waals surface area contributed by atoms with Crippen molar-refractivity contribution < 1.29 is 24.5 Å². The highest BCUT2D eigenvalue weighted by molar-refractivity contribution is 5.77. The highest BCUT2D eigenvalue weighted by Gasteiger charge is 2.24. The van der Waals surface area contributed by atoms with Crippen LogP contribution in [0.2, 0.25) is 0 Å². The van der Waals surface area contributed by atoms with E-state index in [4.69, 9.17) is 9.84 Å². The number of rotatable bonds is 7. The number of aryl methyl sites for hydroxylation is 2. The molecule has 1 aromatic rings. The first-order valence-electron chi connectivity index (χ1n) is 6.60. The van der Waals surface area contributed by atoms with Crippen LogP contribution in [0.4, 0.5) is 0 Å². The molecule has 0 fully saturated rings. The second-order valence-electron chi connectivity index (χ2n) is 5.40. The smallest absolute Gasteiger partial charge is 0.306 e. The first-order valence-corrected chi connectivity index (χ1v) is 6.60. The highest BCUT2D eigenvalue weighted by Crippen LogP contribution is 2.18. The zero-order chi connectivity index (χ0) is 16.0. The van der Waals surface area contributed by atoms with E-state index in [0.717, 1.165) is 11.1 Å². The number of ether oxygens (including phenoxy) is 1. The van der Waals surface area contributed by atoms with Gasteiger partial charge in [0.25, 0.3) is 5.91 Å². The minimum absolute atomic E-state index is 0.145. The molecule has 1 unspecified atom stereocenters. The van der Waals surface area contributed by atoms with Gasteiger partial charge >= 0.3 is 5.97 Å². The van der Waals surface area contributed by atoms with E-state index in [2.05, 4.69) is 5.32 Å². The van der Waals surface area contributed by atoms with Crippen LogP contribution in [0.15, 0.2) is 18.2 Å². The number of aliphatic carboxylic acids is 1. The summed E-state index contributed by atoms with van der Waals surface area (Å²) in [7, 11) is 0. The van der Waals surface area contributed by atoms with Crippen molar-refractivity contribution in [3.05, 3.63) is 29.3 Å². The van der Waals surface area contributed by atoms with Crippen LogP contribution in [0.1, 0.15) is 24.5 Å². The van der Waals surface area contributed by atoms with Crippen LogP contribution in [-0.4, -0.2) is 40.8 Å². The van der Waals surface area contributed by atoms with E-state index in [1.165, 1.54) is 6.92 Å². The summed E-state index contributed by atoms with van der Waals surface area (Å²) < 4.78 is 5.42. The third-order valence-electron chi connectivity index (χ3n) is 2.90. The fourth-order valence-corrected chi connectivity index (χ4v) is 1.73. The molecule has 0 aromatic heterocycles. The van der Waals surface area contributed by atoms with Crippen molar-refractivity contribution in [3.63, 3.8) is 0 Å². The maximum atomic E-state index is 11.7. The van der Waals surface area contributed by atoms with E-state index in [1.54, 1.807) is 0 Å². The lowest BCUT2D eigenvalue weighted by molar-refractivity contribution is -0.142. The molecule has 1 atom stereocenters. The summed E-state index contributed by atoms with van der Waals surface area (Å²) in [6, 6.07) is 5.69. The van der Waals surface area contributed by atoms with Crippen LogP contribution >= 0.6 is 0 Å². The Hall–Kier alpha value is -2.08. The highest BCUT2D eigenvalue weighted by atomic mass is 16.5. The van der Waals surface area contributed by atoms with Gasteiger partial charge in [0.1, 0.15) is 5.75 Å². The standard InChI is InChI=1S/C15H21NO5/c1-10-4-5-11(2)12(6-10)21-8-13(17)16-9-15(3,20)7-14(18)19/h4-6,20H,7-9H2,1-3H3,(H,16,17)(H,18,19). The van der Waals surface area contributed by atoms with Gasteiger partial charge in [0.2, 0.25) is 0 Å². The number of aliphatic hydroxyl groups is 1. The first-order chi connectivity index (χ1) is 9.69. The first kappa shape index (κ1) is 17.0. The Bertz CT molecular complexity index is 525. The summed E-state index contributed by atoms with van der Waals surface area (Å²) in [6.45, 7) is 4.83. The average molecular weight is 295 g/mol. The molecular weight excluding hydrogens is 274 g/mol. The molecule has 1 aromatic carbocycles. The monoisotopic (exact) mass is 295 g/mol. The van der Waals surface area contributed by atoms with Crippen molar-refractivity contribution in [2.75, 3.05) is 13.2 Å². The van der Waals surface area contributed by atoms with E-state index >= 15 is 0 Å². The minimum Gasteiger partial charge on any atom is -0.483 e. The average Bonchev–Trinajstić information content (AvgIpc) is 2.36. The third-order valence-corrected chi connectivity index (χ3v) is 2.90. The van der Waals surface area contributed by atoms with E-state index < -0.39 is 23.9 Å². The van der Waals surface area contributed by atoms with Crippen LogP contribution < -0.4 is 10.1 Å². The zero-order valence-corrected chi connectivity index (χ0v) is 12.5. The van der Waals surface area contributed by atoms with Gasteiger partial charge in [-0.1, -0.05) is 12.1 Å². The van der Waals surface area contributed by atoms with Gasteiger partial charge in [-0.25, -0.2) is 0 Å². The summed E-state index contributed by atoms with van der Waals surface area (Å²) in [5.74, 6) is -0.912. The molecule has 6 heteroatoms. The molecule has 0 bridgehead atoms. The van der Waals surface area contributed by atoms with Crippen LogP contribution in [-0.2, 0) is 9.59 Å². The van der Waals surface area contributed by atoms with Gasteiger partial charge in [-0.05, 0) is 38.0 Å². The second-order valence-corrected chi connectivity index (χ2v) is 5.40. The van der Waals surface area contributed by atoms with Gasteiger partial charge in [0, 0.05) is 6.54 Å². The van der Waals surface area contributed by atoms with Gasteiger partial charge < -0.3 is 20.3 Å². The number of carboxylic acids is 1. The fraction of sp³-hybridized carbons (Fsp3) is 0.467. The Morgan fingerprint density at radius 3 is 2.62 bits per heavy atom. The molecule has 0 heterocycles. The summed E-state index contributed by atoms with van der Waals surface area (Å²) >= 11 is 0. The third kappa shape index (κ3) is 6.27. The van der Waals surface area contributed by atoms with E-state index in [0.29, 0.717) is 5.75 Å². The fourth-order valence-electron chi connectivity index (χ4n) is 1.73. The number of carbonyl (C=O) groups is 2. The Balaban J connectivity index is 2.44. The quantitative estimate of drug-likeness (QED) is 0.698. The lowest BCUT2D eigenvalue weighted by Gasteiger charge is -2.21. The SMILES string of the molecule is Cc1ccc(C)c(OCC(=O)NCC(C)(O)CC(=O)O)c1. The maximum absolute atomic E-state index is 11.7. The van der Waals surface area contributed by atoms with Crippen molar-refractivity contribution in [3.8, 4) is 5.75 Å². The largest absolute Gasteiger partial charge is 0.483 e. The van der Waals surface area contributed by atoms with Gasteiger partial charge in [0.05, 0.1) is 12.0 Å². The number of carbonyl (C=O) groups excluding carboxylic acids is 1. The topological polar surface area (TPSA) is 95.9 Å². The molecule has 6 nitrogen and oxygen atoms in total. The van der Waals surface area contributed by atoms with Gasteiger partial charge in [-0.3, -0.25) is 9.59 Å². The lowest BCUT2D eigenvalue weighted by atomic mass is 10.0.